The monoisotopic (exact) mass is 308 g/mol. The van der Waals surface area contributed by atoms with Gasteiger partial charge in [-0.1, -0.05) is 12.1 Å². The van der Waals surface area contributed by atoms with E-state index in [-0.39, 0.29) is 18.0 Å². The summed E-state index contributed by atoms with van der Waals surface area (Å²) in [6.45, 7) is 3.79. The maximum Gasteiger partial charge on any atom is 0.263 e. The minimum atomic E-state index is -0.279. The van der Waals surface area contributed by atoms with Crippen molar-refractivity contribution in [1.29, 1.82) is 0 Å². The van der Waals surface area contributed by atoms with E-state index in [1.807, 2.05) is 32.0 Å². The Hall–Kier alpha value is -3.02. The lowest BCUT2D eigenvalue weighted by Crippen LogP contribution is -2.28. The molecule has 6 nitrogen and oxygen atoms in total. The first-order valence-corrected chi connectivity index (χ1v) is 7.22. The van der Waals surface area contributed by atoms with Gasteiger partial charge in [0.2, 0.25) is 5.91 Å². The molecule has 2 heterocycles. The molecule has 0 spiro atoms. The number of pyridine rings is 1. The molecule has 0 bridgehead atoms. The number of amides is 1. The predicted octanol–water partition coefficient (Wildman–Crippen LogP) is 2.05. The number of anilines is 1. The van der Waals surface area contributed by atoms with Crippen LogP contribution >= 0.6 is 0 Å². The molecule has 1 amide bonds. The number of fused-ring (bicyclic) bond motifs is 1. The Morgan fingerprint density at radius 1 is 1.22 bits per heavy atom. The normalized spacial score (nSPS) is 10.7. The Balaban J connectivity index is 1.84. The molecular formula is C17H16N4O2. The van der Waals surface area contributed by atoms with E-state index in [0.717, 1.165) is 16.8 Å². The maximum absolute atomic E-state index is 12.3. The summed E-state index contributed by atoms with van der Waals surface area (Å²) in [6, 6.07) is 9.15. The van der Waals surface area contributed by atoms with Gasteiger partial charge >= 0.3 is 0 Å². The van der Waals surface area contributed by atoms with Gasteiger partial charge in [-0.15, -0.1) is 0 Å². The summed E-state index contributed by atoms with van der Waals surface area (Å²) in [4.78, 5) is 32.7. The molecule has 6 heteroatoms. The number of nitrogens with one attached hydrogen (secondary N) is 1. The molecule has 2 aromatic heterocycles. The first-order chi connectivity index (χ1) is 11.0. The number of aromatic nitrogens is 3. The highest BCUT2D eigenvalue weighted by atomic mass is 16.2. The van der Waals surface area contributed by atoms with Crippen LogP contribution in [0.3, 0.4) is 0 Å². The molecule has 23 heavy (non-hydrogen) atoms. The fourth-order valence-electron chi connectivity index (χ4n) is 2.33. The first-order valence-electron chi connectivity index (χ1n) is 7.22. The topological polar surface area (TPSA) is 76.9 Å². The molecule has 3 rings (SSSR count). The zero-order chi connectivity index (χ0) is 16.4. The average molecular weight is 308 g/mol. The van der Waals surface area contributed by atoms with Gasteiger partial charge < -0.3 is 5.32 Å². The molecule has 0 aliphatic heterocycles. The standard InChI is InChI=1S/C17H16N4O2/c1-11-5-6-12(2)14(8-11)20-15(22)9-21-10-19-16-13(17(21)23)4-3-7-18-16/h3-8,10H,9H2,1-2H3,(H,20,22). The van der Waals surface area contributed by atoms with Crippen molar-refractivity contribution in [2.24, 2.45) is 0 Å². The van der Waals surface area contributed by atoms with E-state index in [9.17, 15) is 9.59 Å². The summed E-state index contributed by atoms with van der Waals surface area (Å²) >= 11 is 0. The van der Waals surface area contributed by atoms with Gasteiger partial charge in [0.05, 0.1) is 5.39 Å². The Kier molecular flexibility index (Phi) is 3.89. The van der Waals surface area contributed by atoms with Gasteiger partial charge in [0.15, 0.2) is 5.65 Å². The Labute approximate surface area is 132 Å². The number of nitrogens with zero attached hydrogens (tertiary/aromatic N) is 3. The van der Waals surface area contributed by atoms with Crippen molar-refractivity contribution >= 4 is 22.6 Å². The van der Waals surface area contributed by atoms with Crippen molar-refractivity contribution in [3.05, 3.63) is 64.3 Å². The highest BCUT2D eigenvalue weighted by molar-refractivity contribution is 5.91. The van der Waals surface area contributed by atoms with Crippen molar-refractivity contribution in [2.75, 3.05) is 5.32 Å². The molecule has 1 N–H and O–H groups in total. The Morgan fingerprint density at radius 2 is 2.04 bits per heavy atom. The van der Waals surface area contributed by atoms with Gasteiger partial charge in [-0.05, 0) is 43.2 Å². The van der Waals surface area contributed by atoms with Crippen LogP contribution in [-0.2, 0) is 11.3 Å². The van der Waals surface area contributed by atoms with E-state index in [1.54, 1.807) is 18.3 Å². The lowest BCUT2D eigenvalue weighted by Gasteiger charge is -2.10. The third-order valence-corrected chi connectivity index (χ3v) is 3.58. The van der Waals surface area contributed by atoms with Crippen LogP contribution in [0, 0.1) is 13.8 Å². The van der Waals surface area contributed by atoms with Crippen LogP contribution in [0.4, 0.5) is 5.69 Å². The highest BCUT2D eigenvalue weighted by Gasteiger charge is 2.10. The number of hydrogen-bond acceptors (Lipinski definition) is 4. The van der Waals surface area contributed by atoms with E-state index < -0.39 is 0 Å². The molecule has 3 aromatic rings. The summed E-state index contributed by atoms with van der Waals surface area (Å²) in [7, 11) is 0. The number of rotatable bonds is 3. The molecule has 0 radical (unpaired) electrons. The Bertz CT molecular complexity index is 947. The van der Waals surface area contributed by atoms with Crippen molar-refractivity contribution in [2.45, 2.75) is 20.4 Å². The van der Waals surface area contributed by atoms with E-state index in [1.165, 1.54) is 10.9 Å². The number of aryl methyl sites for hydroxylation is 2. The lowest BCUT2D eigenvalue weighted by atomic mass is 10.1. The summed E-state index contributed by atoms with van der Waals surface area (Å²) in [6.07, 6.45) is 2.92. The molecule has 0 saturated carbocycles. The van der Waals surface area contributed by atoms with Crippen LogP contribution in [0.5, 0.6) is 0 Å². The molecule has 0 aliphatic rings. The summed E-state index contributed by atoms with van der Waals surface area (Å²) in [5.41, 5.74) is 2.88. The van der Waals surface area contributed by atoms with E-state index in [4.69, 9.17) is 0 Å². The third-order valence-electron chi connectivity index (χ3n) is 3.58. The lowest BCUT2D eigenvalue weighted by molar-refractivity contribution is -0.116. The average Bonchev–Trinajstić information content (AvgIpc) is 2.54. The van der Waals surface area contributed by atoms with Crippen LogP contribution in [-0.4, -0.2) is 20.4 Å². The smallest absolute Gasteiger partial charge is 0.263 e. The van der Waals surface area contributed by atoms with Crippen LogP contribution in [0.2, 0.25) is 0 Å². The molecule has 1 aromatic carbocycles. The van der Waals surface area contributed by atoms with Crippen LogP contribution in [0.1, 0.15) is 11.1 Å². The van der Waals surface area contributed by atoms with Gasteiger partial charge in [-0.3, -0.25) is 14.2 Å². The number of hydrogen-bond donors (Lipinski definition) is 1. The molecule has 0 unspecified atom stereocenters. The first kappa shape index (κ1) is 14.9. The molecule has 0 fully saturated rings. The fourth-order valence-corrected chi connectivity index (χ4v) is 2.33. The third kappa shape index (κ3) is 3.11. The Morgan fingerprint density at radius 3 is 2.87 bits per heavy atom. The van der Waals surface area contributed by atoms with Crippen LogP contribution < -0.4 is 10.9 Å². The fraction of sp³-hybridized carbons (Fsp3) is 0.176. The summed E-state index contributed by atoms with van der Waals surface area (Å²) in [5.74, 6) is -0.272. The van der Waals surface area contributed by atoms with Gasteiger partial charge in [-0.25, -0.2) is 9.97 Å². The molecule has 0 atom stereocenters. The molecule has 0 aliphatic carbocycles. The highest BCUT2D eigenvalue weighted by Crippen LogP contribution is 2.16. The van der Waals surface area contributed by atoms with Crippen molar-refractivity contribution in [3.8, 4) is 0 Å². The van der Waals surface area contributed by atoms with Gasteiger partial charge in [0.1, 0.15) is 12.9 Å². The van der Waals surface area contributed by atoms with Crippen LogP contribution in [0.25, 0.3) is 11.0 Å². The second-order valence-corrected chi connectivity index (χ2v) is 5.42. The van der Waals surface area contributed by atoms with Crippen molar-refractivity contribution in [1.82, 2.24) is 14.5 Å². The minimum Gasteiger partial charge on any atom is -0.324 e. The number of carbonyl (C=O) groups is 1. The van der Waals surface area contributed by atoms with E-state index in [2.05, 4.69) is 15.3 Å². The summed E-state index contributed by atoms with van der Waals surface area (Å²) < 4.78 is 1.28. The van der Waals surface area contributed by atoms with Gasteiger partial charge in [-0.2, -0.15) is 0 Å². The minimum absolute atomic E-state index is 0.0932. The molecule has 116 valence electrons. The second kappa shape index (κ2) is 6.00. The van der Waals surface area contributed by atoms with Gasteiger partial charge in [0.25, 0.3) is 5.56 Å². The van der Waals surface area contributed by atoms with E-state index >= 15 is 0 Å². The van der Waals surface area contributed by atoms with E-state index in [0.29, 0.717) is 11.0 Å². The molecular weight excluding hydrogens is 292 g/mol. The number of benzene rings is 1. The largest absolute Gasteiger partial charge is 0.324 e. The predicted molar refractivity (Wildman–Crippen MR) is 88.3 cm³/mol. The molecule has 0 saturated heterocycles. The zero-order valence-corrected chi connectivity index (χ0v) is 12.9. The van der Waals surface area contributed by atoms with Crippen LogP contribution in [0.15, 0.2) is 47.7 Å². The second-order valence-electron chi connectivity index (χ2n) is 5.42. The van der Waals surface area contributed by atoms with Crippen molar-refractivity contribution in [3.63, 3.8) is 0 Å². The number of carbonyl (C=O) groups excluding carboxylic acids is 1. The maximum atomic E-state index is 12.3. The SMILES string of the molecule is Cc1ccc(C)c(NC(=O)Cn2cnc3ncccc3c2=O)c1. The quantitative estimate of drug-likeness (QED) is 0.803. The van der Waals surface area contributed by atoms with Crippen molar-refractivity contribution < 1.29 is 4.79 Å². The zero-order valence-electron chi connectivity index (χ0n) is 12.9. The van der Waals surface area contributed by atoms with Gasteiger partial charge in [0, 0.05) is 11.9 Å². The summed E-state index contributed by atoms with van der Waals surface area (Å²) in [5, 5.41) is 3.23.